The van der Waals surface area contributed by atoms with E-state index in [0.717, 1.165) is 66.3 Å². The number of aromatic nitrogens is 4. The summed E-state index contributed by atoms with van der Waals surface area (Å²) in [4.78, 5) is 34.4. The molecule has 5 heterocycles. The van der Waals surface area contributed by atoms with Crippen LogP contribution in [-0.2, 0) is 16.1 Å². The smallest absolute Gasteiger partial charge is 0.475 e. The van der Waals surface area contributed by atoms with E-state index < -0.39 is 24.3 Å². The molecule has 0 aliphatic carbocycles. The highest BCUT2D eigenvalue weighted by Gasteiger charge is 2.39. The van der Waals surface area contributed by atoms with E-state index in [2.05, 4.69) is 46.5 Å². The average Bonchev–Trinajstić information content (AvgIpc) is 3.59. The van der Waals surface area contributed by atoms with Crippen LogP contribution in [0.2, 0.25) is 0 Å². The second-order valence-electron chi connectivity index (χ2n) is 10.4. The lowest BCUT2D eigenvalue weighted by Crippen LogP contribution is -2.32. The molecule has 0 unspecified atom stereocenters. The zero-order valence-corrected chi connectivity index (χ0v) is 24.4. The molecule has 244 valence electrons. The molecule has 0 spiro atoms. The fraction of sp³-hybridized carbons (Fsp3) is 0.414. The lowest BCUT2D eigenvalue weighted by atomic mass is 9.92. The molecule has 0 bridgehead atoms. The van der Waals surface area contributed by atoms with E-state index in [9.17, 15) is 26.3 Å². The summed E-state index contributed by atoms with van der Waals surface area (Å²) < 4.78 is 71.5. The van der Waals surface area contributed by atoms with Crippen molar-refractivity contribution in [2.24, 2.45) is 0 Å². The second-order valence-corrected chi connectivity index (χ2v) is 10.4. The summed E-state index contributed by atoms with van der Waals surface area (Å²) in [5.41, 5.74) is 5.24. The number of pyridine rings is 2. The maximum Gasteiger partial charge on any atom is 0.490 e. The van der Waals surface area contributed by atoms with Crippen LogP contribution in [-0.4, -0.2) is 72.0 Å². The van der Waals surface area contributed by atoms with Crippen molar-refractivity contribution in [3.05, 3.63) is 66.3 Å². The van der Waals surface area contributed by atoms with Crippen molar-refractivity contribution in [1.82, 2.24) is 24.4 Å². The van der Waals surface area contributed by atoms with Gasteiger partial charge in [0.15, 0.2) is 0 Å². The number of carboxylic acids is 2. The summed E-state index contributed by atoms with van der Waals surface area (Å²) >= 11 is 0. The lowest BCUT2D eigenvalue weighted by Gasteiger charge is -2.31. The van der Waals surface area contributed by atoms with E-state index in [1.165, 1.54) is 5.69 Å². The average molecular weight is 644 g/mol. The first-order valence-corrected chi connectivity index (χ1v) is 13.6. The molecule has 0 saturated carbocycles. The number of fused-ring (bicyclic) bond motifs is 1. The number of nitrogens with zero attached hydrogens (tertiary/aromatic N) is 5. The molecule has 16 heteroatoms. The molecule has 1 aliphatic heterocycles. The van der Waals surface area contributed by atoms with Gasteiger partial charge in [0.1, 0.15) is 17.0 Å². The zero-order chi connectivity index (χ0) is 33.5. The highest BCUT2D eigenvalue weighted by Crippen LogP contribution is 2.34. The maximum atomic E-state index is 10.6. The van der Waals surface area contributed by atoms with Crippen LogP contribution in [0.5, 0.6) is 0 Å². The Morgan fingerprint density at radius 1 is 1.02 bits per heavy atom. The van der Waals surface area contributed by atoms with Crippen molar-refractivity contribution in [1.29, 1.82) is 0 Å². The first-order chi connectivity index (χ1) is 21.0. The quantitative estimate of drug-likeness (QED) is 0.230. The van der Waals surface area contributed by atoms with Gasteiger partial charge in [0.2, 0.25) is 0 Å². The molecular weight excluding hydrogens is 612 g/mol. The fourth-order valence-electron chi connectivity index (χ4n) is 4.55. The van der Waals surface area contributed by atoms with E-state index in [1.807, 2.05) is 31.6 Å². The number of hydrogen-bond donors (Lipinski definition) is 2. The molecule has 0 amide bonds. The number of carbonyl (C=O) groups is 2. The van der Waals surface area contributed by atoms with Crippen LogP contribution in [0.1, 0.15) is 55.9 Å². The topological polar surface area (TPSA) is 135 Å². The minimum atomic E-state index is -5.08. The maximum absolute atomic E-state index is 10.6. The van der Waals surface area contributed by atoms with Gasteiger partial charge in [0.05, 0.1) is 24.1 Å². The summed E-state index contributed by atoms with van der Waals surface area (Å²) in [6.07, 6.45) is -2.35. The number of likely N-dealkylation sites (tertiary alicyclic amines) is 1. The molecule has 10 nitrogen and oxygen atoms in total. The highest BCUT2D eigenvalue weighted by atomic mass is 19.4. The fourth-order valence-corrected chi connectivity index (χ4v) is 4.55. The summed E-state index contributed by atoms with van der Waals surface area (Å²) in [6.45, 7) is 9.37. The highest BCUT2D eigenvalue weighted by molar-refractivity contribution is 5.90. The number of halogens is 6. The van der Waals surface area contributed by atoms with Crippen molar-refractivity contribution in [2.75, 3.05) is 13.1 Å². The molecule has 4 aromatic rings. The van der Waals surface area contributed by atoms with Crippen LogP contribution in [0.25, 0.3) is 22.3 Å². The van der Waals surface area contributed by atoms with Gasteiger partial charge in [-0.2, -0.15) is 26.3 Å². The Bertz CT molecular complexity index is 1550. The standard InChI is InChI=1S/C25H29N5O.2C2HF3O2/c1-17(2)30-16-27-25-23(30)13-22(28-24(25)20-5-4-10-26-14-20)19-8-11-29(12-9-19)15-21-7-6-18(3)31-21;2*3-2(4,5)1(6)7/h4-7,10,13-14,16-17,19H,8-9,11-12,15H2,1-3H3;2*(H,6,7). The minimum absolute atomic E-state index is 0.348. The third kappa shape index (κ3) is 9.76. The monoisotopic (exact) mass is 643 g/mol. The van der Waals surface area contributed by atoms with Gasteiger partial charge in [-0.1, -0.05) is 0 Å². The molecule has 1 fully saturated rings. The Morgan fingerprint density at radius 2 is 1.62 bits per heavy atom. The molecule has 2 N–H and O–H groups in total. The number of carboxylic acid groups (broad SMARTS) is 2. The number of hydrogen-bond acceptors (Lipinski definition) is 7. The number of rotatable bonds is 5. The SMILES string of the molecule is Cc1ccc(CN2CCC(c3cc4c(ncn4C(C)C)c(-c4cccnc4)n3)CC2)o1.O=C(O)C(F)(F)F.O=C(O)C(F)(F)F. The van der Waals surface area contributed by atoms with E-state index in [0.29, 0.717) is 12.0 Å². The number of piperidine rings is 1. The van der Waals surface area contributed by atoms with E-state index >= 15 is 0 Å². The third-order valence-corrected chi connectivity index (χ3v) is 6.74. The lowest BCUT2D eigenvalue weighted by molar-refractivity contribution is -0.193. The second kappa shape index (κ2) is 14.5. The Kier molecular flexibility index (Phi) is 11.3. The number of imidazole rings is 1. The van der Waals surface area contributed by atoms with Crippen LogP contribution in [0.3, 0.4) is 0 Å². The first kappa shape index (κ1) is 35.0. The zero-order valence-electron chi connectivity index (χ0n) is 24.4. The van der Waals surface area contributed by atoms with E-state index in [-0.39, 0.29) is 0 Å². The van der Waals surface area contributed by atoms with Gasteiger partial charge in [-0.3, -0.25) is 14.9 Å². The van der Waals surface area contributed by atoms with Gasteiger partial charge < -0.3 is 19.2 Å². The van der Waals surface area contributed by atoms with Crippen LogP contribution in [0.4, 0.5) is 26.3 Å². The van der Waals surface area contributed by atoms with E-state index in [1.54, 1.807) is 6.20 Å². The van der Waals surface area contributed by atoms with Gasteiger partial charge in [-0.05, 0) is 77.0 Å². The Morgan fingerprint density at radius 3 is 2.09 bits per heavy atom. The van der Waals surface area contributed by atoms with Crippen molar-refractivity contribution in [2.45, 2.75) is 64.5 Å². The van der Waals surface area contributed by atoms with Crippen molar-refractivity contribution in [3.8, 4) is 11.3 Å². The Labute approximate surface area is 253 Å². The molecule has 5 rings (SSSR count). The predicted octanol–water partition coefficient (Wildman–Crippen LogP) is 6.62. The van der Waals surface area contributed by atoms with Gasteiger partial charge in [-0.25, -0.2) is 14.6 Å². The number of furan rings is 1. The van der Waals surface area contributed by atoms with Crippen molar-refractivity contribution >= 4 is 23.0 Å². The van der Waals surface area contributed by atoms with Crippen LogP contribution in [0.15, 0.2) is 53.5 Å². The largest absolute Gasteiger partial charge is 0.490 e. The molecule has 1 aliphatic rings. The van der Waals surface area contributed by atoms with Gasteiger partial charge in [0.25, 0.3) is 0 Å². The first-order valence-electron chi connectivity index (χ1n) is 13.6. The van der Waals surface area contributed by atoms with Gasteiger partial charge in [-0.15, -0.1) is 0 Å². The molecule has 0 radical (unpaired) electrons. The molecule has 4 aromatic heterocycles. The molecular formula is C29H31F6N5O5. The predicted molar refractivity (Wildman–Crippen MR) is 149 cm³/mol. The molecule has 45 heavy (non-hydrogen) atoms. The summed E-state index contributed by atoms with van der Waals surface area (Å²) in [7, 11) is 0. The normalized spacial score (nSPS) is 14.4. The van der Waals surface area contributed by atoms with Gasteiger partial charge in [0, 0.05) is 35.6 Å². The van der Waals surface area contributed by atoms with Crippen molar-refractivity contribution in [3.63, 3.8) is 0 Å². The van der Waals surface area contributed by atoms with E-state index in [4.69, 9.17) is 34.2 Å². The summed E-state index contributed by atoms with van der Waals surface area (Å²) in [5, 5.41) is 14.2. The summed E-state index contributed by atoms with van der Waals surface area (Å²) in [5.74, 6) is -3.04. The third-order valence-electron chi connectivity index (χ3n) is 6.74. The van der Waals surface area contributed by atoms with Crippen LogP contribution >= 0.6 is 0 Å². The number of aryl methyl sites for hydroxylation is 1. The Hall–Kier alpha value is -4.47. The number of aliphatic carboxylic acids is 2. The number of alkyl halides is 6. The van der Waals surface area contributed by atoms with Gasteiger partial charge >= 0.3 is 24.3 Å². The summed E-state index contributed by atoms with van der Waals surface area (Å²) in [6, 6.07) is 10.8. The Balaban J connectivity index is 0.000000331. The van der Waals surface area contributed by atoms with Crippen molar-refractivity contribution < 1.29 is 50.6 Å². The van der Waals surface area contributed by atoms with Crippen LogP contribution in [0, 0.1) is 6.92 Å². The molecule has 0 aromatic carbocycles. The molecule has 0 atom stereocenters. The van der Waals surface area contributed by atoms with Crippen LogP contribution < -0.4 is 0 Å². The molecule has 1 saturated heterocycles. The minimum Gasteiger partial charge on any atom is -0.475 e.